The van der Waals surface area contributed by atoms with Gasteiger partial charge in [0, 0.05) is 54.3 Å². The number of nitrogens with one attached hydrogen (secondary N) is 2. The third kappa shape index (κ3) is 8.23. The van der Waals surface area contributed by atoms with Gasteiger partial charge in [0.1, 0.15) is 39.4 Å². The summed E-state index contributed by atoms with van der Waals surface area (Å²) in [6.07, 6.45) is 8.56. The predicted molar refractivity (Wildman–Crippen MR) is 280 cm³/mol. The smallest absolute Gasteiger partial charge is 0.344 e. The Morgan fingerprint density at radius 2 is 1.49 bits per heavy atom. The number of halogens is 3. The molecule has 0 saturated carbocycles. The fourth-order valence-corrected chi connectivity index (χ4v) is 13.6. The zero-order chi connectivity index (χ0) is 48.8. The Morgan fingerprint density at radius 3 is 2.27 bits per heavy atom. The average Bonchev–Trinajstić information content (AvgIpc) is 4.11. The van der Waals surface area contributed by atoms with Crippen molar-refractivity contribution in [1.82, 2.24) is 39.9 Å². The van der Waals surface area contributed by atoms with Crippen molar-refractivity contribution in [1.29, 1.82) is 0 Å². The Labute approximate surface area is 432 Å². The highest BCUT2D eigenvalue weighted by molar-refractivity contribution is 7.99. The standard InChI is InChI=1S/C51H48Cl3N13O2S2/c1-26-47(71-33-8-4-7-32(52)37(33)53)62-39-36(46(63-43(39)60-26)66-17-12-50(13-18-66)22-28-5-2-3-6-30(28)40(50)55)48(68)69-25-27-9-10-31-29(21-27)23-51(41(31)56)14-19-67(20-15-51)49-64-44-45(65-49)61-35(24-59-44)70-34-11-16-58-42(57)38(34)54/h2-11,16,21,24,40-41H,12-15,17-20,22-23,25,55-56H2,1H3,(H2,57,58)(H,60,63)(H,59,61,64,65)/t40-,41-/m1/s1. The molecule has 8 aromatic rings. The number of ether oxygens (including phenoxy) is 1. The van der Waals surface area contributed by atoms with E-state index in [0.717, 1.165) is 78.5 Å². The first kappa shape index (κ1) is 46.4. The highest BCUT2D eigenvalue weighted by atomic mass is 35.5. The first-order chi connectivity index (χ1) is 34.3. The SMILES string of the molecule is Cc1nc2[nH]c(N3CCC4(CC3)Cc3ccccc3[C@H]4N)c(C(=O)OCc3ccc4c(c3)CC3(CCN(c5nc6nc(Sc7ccnc(N)c7Cl)cnc6[nH]5)CC3)[C@@H]4N)c2nc1Sc1cccc(Cl)c1Cl. The fraction of sp³-hybridized carbons (Fsp3) is 0.314. The van der Waals surface area contributed by atoms with Gasteiger partial charge in [-0.3, -0.25) is 0 Å². The molecular weight excluding hydrogens is 997 g/mol. The molecule has 8 N–H and O–H groups in total. The average molecular weight is 1050 g/mol. The lowest BCUT2D eigenvalue weighted by atomic mass is 9.73. The van der Waals surface area contributed by atoms with Gasteiger partial charge < -0.3 is 41.7 Å². The minimum absolute atomic E-state index is 0.0411. The number of imidazole rings is 1. The quantitative estimate of drug-likeness (QED) is 0.0849. The number of hydrogen-bond acceptors (Lipinski definition) is 15. The number of carbonyl (C=O) groups excluding carboxylic acids is 1. The maximum absolute atomic E-state index is 14.7. The van der Waals surface area contributed by atoms with E-state index in [1.165, 1.54) is 40.2 Å². The number of nitrogens with two attached hydrogens (primary N) is 3. The van der Waals surface area contributed by atoms with Gasteiger partial charge in [-0.2, -0.15) is 4.98 Å². The van der Waals surface area contributed by atoms with Crippen LogP contribution in [0.15, 0.2) is 99.0 Å². The van der Waals surface area contributed by atoms with Gasteiger partial charge in [0.05, 0.1) is 27.0 Å². The van der Waals surface area contributed by atoms with Gasteiger partial charge in [0.25, 0.3) is 0 Å². The zero-order valence-electron chi connectivity index (χ0n) is 38.5. The van der Waals surface area contributed by atoms with Crippen LogP contribution in [0.25, 0.3) is 22.5 Å². The number of esters is 1. The molecule has 0 radical (unpaired) electrons. The summed E-state index contributed by atoms with van der Waals surface area (Å²) in [4.78, 5) is 55.7. The van der Waals surface area contributed by atoms with E-state index in [1.54, 1.807) is 24.5 Å². The number of piperidine rings is 2. The minimum atomic E-state index is -0.485. The number of carbonyl (C=O) groups is 1. The number of pyridine rings is 1. The van der Waals surface area contributed by atoms with Crippen molar-refractivity contribution < 1.29 is 9.53 Å². The number of fused-ring (bicyclic) bond motifs is 4. The fourth-order valence-electron chi connectivity index (χ4n) is 11.2. The minimum Gasteiger partial charge on any atom is -0.457 e. The number of benzene rings is 3. The summed E-state index contributed by atoms with van der Waals surface area (Å²) in [5, 5.41) is 2.51. The highest BCUT2D eigenvalue weighted by Gasteiger charge is 2.48. The molecule has 0 bridgehead atoms. The molecule has 12 rings (SSSR count). The molecule has 2 spiro atoms. The van der Waals surface area contributed by atoms with E-state index in [-0.39, 0.29) is 35.3 Å². The van der Waals surface area contributed by atoms with Gasteiger partial charge in [-0.1, -0.05) is 107 Å². The number of aromatic amines is 2. The van der Waals surface area contributed by atoms with Crippen molar-refractivity contribution in [3.63, 3.8) is 0 Å². The molecule has 2 fully saturated rings. The van der Waals surface area contributed by atoms with Gasteiger partial charge in [-0.05, 0) is 102 Å². The van der Waals surface area contributed by atoms with Crippen LogP contribution in [0.5, 0.6) is 0 Å². The van der Waals surface area contributed by atoms with E-state index in [2.05, 4.69) is 66.1 Å². The lowest BCUT2D eigenvalue weighted by Gasteiger charge is -2.42. The Kier molecular flexibility index (Phi) is 11.8. The summed E-state index contributed by atoms with van der Waals surface area (Å²) in [6, 6.07) is 21.9. The molecule has 4 aliphatic rings. The predicted octanol–water partition coefficient (Wildman–Crippen LogP) is 10.2. The summed E-state index contributed by atoms with van der Waals surface area (Å²) in [5.74, 6) is 1.16. The normalized spacial score (nSPS) is 19.0. The Balaban J connectivity index is 0.756. The van der Waals surface area contributed by atoms with Gasteiger partial charge in [0.2, 0.25) is 5.95 Å². The van der Waals surface area contributed by atoms with Crippen LogP contribution in [-0.2, 0) is 24.2 Å². The molecule has 2 aliphatic carbocycles. The Morgan fingerprint density at radius 1 is 0.775 bits per heavy atom. The maximum atomic E-state index is 14.7. The second-order valence-corrected chi connectivity index (χ2v) is 22.4. The number of anilines is 3. The van der Waals surface area contributed by atoms with E-state index < -0.39 is 5.97 Å². The van der Waals surface area contributed by atoms with Crippen LogP contribution in [-0.4, -0.2) is 72.0 Å². The lowest BCUT2D eigenvalue weighted by Crippen LogP contribution is -2.44. The molecule has 2 atom stereocenters. The van der Waals surface area contributed by atoms with Crippen molar-refractivity contribution in [3.05, 3.63) is 133 Å². The van der Waals surface area contributed by atoms with E-state index in [0.29, 0.717) is 77.7 Å². The molecule has 3 aromatic carbocycles. The second kappa shape index (κ2) is 18.1. The van der Waals surface area contributed by atoms with Crippen LogP contribution in [0, 0.1) is 17.8 Å². The van der Waals surface area contributed by atoms with Crippen LogP contribution < -0.4 is 27.0 Å². The highest BCUT2D eigenvalue weighted by Crippen LogP contribution is 2.53. The van der Waals surface area contributed by atoms with Gasteiger partial charge in [-0.25, -0.2) is 29.7 Å². The third-order valence-corrected chi connectivity index (χ3v) is 18.7. The van der Waals surface area contributed by atoms with Gasteiger partial charge in [0.15, 0.2) is 16.9 Å². The van der Waals surface area contributed by atoms with Crippen LogP contribution in [0.4, 0.5) is 17.6 Å². The maximum Gasteiger partial charge on any atom is 0.344 e. The molecule has 362 valence electrons. The lowest BCUT2D eigenvalue weighted by molar-refractivity contribution is 0.0475. The Bertz CT molecular complexity index is 3430. The van der Waals surface area contributed by atoms with Crippen molar-refractivity contribution in [2.45, 2.75) is 84.0 Å². The molecule has 7 heterocycles. The number of nitrogen functional groups attached to an aromatic ring is 1. The van der Waals surface area contributed by atoms with Crippen LogP contribution in [0.2, 0.25) is 15.1 Å². The van der Waals surface area contributed by atoms with Gasteiger partial charge in [-0.15, -0.1) is 0 Å². The van der Waals surface area contributed by atoms with Crippen LogP contribution in [0.1, 0.15) is 81.6 Å². The van der Waals surface area contributed by atoms with Crippen molar-refractivity contribution in [2.75, 3.05) is 41.7 Å². The number of rotatable bonds is 9. The summed E-state index contributed by atoms with van der Waals surface area (Å²) in [5.41, 5.74) is 28.7. The topological polar surface area (TPSA) is 220 Å². The van der Waals surface area contributed by atoms with Crippen molar-refractivity contribution >= 4 is 104 Å². The first-order valence-corrected chi connectivity index (χ1v) is 26.3. The first-order valence-electron chi connectivity index (χ1n) is 23.6. The number of hydrogen-bond donors (Lipinski definition) is 5. The number of H-pyrrole nitrogens is 2. The van der Waals surface area contributed by atoms with E-state index in [1.807, 2.05) is 25.1 Å². The number of nitrogens with zero attached hydrogens (tertiary/aromatic N) is 8. The third-order valence-electron chi connectivity index (χ3n) is 15.2. The molecular formula is C51H48Cl3N13O2S2. The molecule has 2 saturated heterocycles. The van der Waals surface area contributed by atoms with E-state index in [9.17, 15) is 4.79 Å². The second-order valence-electron chi connectivity index (χ2n) is 19.2. The van der Waals surface area contributed by atoms with E-state index in [4.69, 9.17) is 76.7 Å². The summed E-state index contributed by atoms with van der Waals surface area (Å²) in [7, 11) is 0. The van der Waals surface area contributed by atoms with Crippen molar-refractivity contribution in [2.24, 2.45) is 22.3 Å². The van der Waals surface area contributed by atoms with Crippen LogP contribution >= 0.6 is 58.3 Å². The van der Waals surface area contributed by atoms with Crippen molar-refractivity contribution in [3.8, 4) is 0 Å². The summed E-state index contributed by atoms with van der Waals surface area (Å²) < 4.78 is 6.25. The van der Waals surface area contributed by atoms with E-state index >= 15 is 0 Å². The monoisotopic (exact) mass is 1040 g/mol. The number of aromatic nitrogens is 8. The summed E-state index contributed by atoms with van der Waals surface area (Å²) >= 11 is 22.1. The Hall–Kier alpha value is -5.66. The van der Waals surface area contributed by atoms with Crippen LogP contribution in [0.3, 0.4) is 0 Å². The largest absolute Gasteiger partial charge is 0.457 e. The molecule has 71 heavy (non-hydrogen) atoms. The van der Waals surface area contributed by atoms with Gasteiger partial charge >= 0.3 is 5.97 Å². The number of aryl methyl sites for hydroxylation is 1. The summed E-state index contributed by atoms with van der Waals surface area (Å²) in [6.45, 7) is 4.89. The molecule has 20 heteroatoms. The molecule has 0 unspecified atom stereocenters. The molecule has 0 amide bonds. The molecule has 15 nitrogen and oxygen atoms in total. The zero-order valence-corrected chi connectivity index (χ0v) is 42.4. The molecule has 2 aliphatic heterocycles. The molecule has 5 aromatic heterocycles.